The normalized spacial score (nSPS) is 11.2. The Morgan fingerprint density at radius 1 is 0.566 bits per heavy atom. The highest BCUT2D eigenvalue weighted by atomic mass is 79.9. The summed E-state index contributed by atoms with van der Waals surface area (Å²) in [5.41, 5.74) is 0.189. The number of nitrogens with zero attached hydrogens (tertiary/aromatic N) is 12. The molecule has 18 nitrogen and oxygen atoms in total. The van der Waals surface area contributed by atoms with Gasteiger partial charge in [0.05, 0.1) is 0 Å². The molecule has 2 amide bonds. The van der Waals surface area contributed by atoms with Crippen molar-refractivity contribution in [3.63, 3.8) is 0 Å². The van der Waals surface area contributed by atoms with Gasteiger partial charge in [0.25, 0.3) is 11.8 Å². The van der Waals surface area contributed by atoms with Gasteiger partial charge in [-0.05, 0) is 90.5 Å². The van der Waals surface area contributed by atoms with Crippen molar-refractivity contribution < 1.29 is 54.8 Å². The number of pyridine rings is 2. The second-order valence-corrected chi connectivity index (χ2v) is 17.7. The van der Waals surface area contributed by atoms with Crippen LogP contribution in [-0.2, 0) is 12.4 Å². The summed E-state index contributed by atoms with van der Waals surface area (Å²) in [5, 5.41) is 49.3. The van der Waals surface area contributed by atoms with Gasteiger partial charge in [-0.15, -0.1) is 43.1 Å². The van der Waals surface area contributed by atoms with E-state index >= 15 is 0 Å². The lowest BCUT2D eigenvalue weighted by Crippen LogP contribution is -2.30. The Kier molecular flexibility index (Phi) is 16.5. The molecule has 10 aromatic rings. The van der Waals surface area contributed by atoms with Gasteiger partial charge in [0.2, 0.25) is 11.9 Å². The van der Waals surface area contributed by atoms with E-state index in [-0.39, 0.29) is 45.7 Å². The summed E-state index contributed by atoms with van der Waals surface area (Å²) in [6.07, 6.45) is -3.98. The molecule has 0 saturated carbocycles. The van der Waals surface area contributed by atoms with Crippen LogP contribution in [0.2, 0.25) is 0 Å². The van der Waals surface area contributed by atoms with Gasteiger partial charge in [-0.1, -0.05) is 40.2 Å². The van der Waals surface area contributed by atoms with E-state index in [0.717, 1.165) is 40.2 Å². The average molecular weight is 1150 g/mol. The largest absolute Gasteiger partial charge is 0.490 e. The minimum Gasteiger partial charge on any atom is -0.423 e. The standard InChI is InChI=1S/C23H13F4N7OS.C18H10BrF3N6OS.C5H5BFNO2/c24-18-5-4-15(12-29-18)13-2-1-3-14(10-13)21(35)30-19-6-7-20(32-31-19)34-17(23(25,26)27)11-16(33-34)22-28-8-9-36-22;19-11-3-1-2-10(8-11)16(29)24-14-4-5-15(26-25-14)28-13(18(20,21)22)9-12(27-28)17-23-6-7-30-17;7-5-2-1-4(3-8-5)6(9)10/h1-12H,(H,30,31,35);1-9H,(H,24,25,29);1-3,9-10H. The van der Waals surface area contributed by atoms with E-state index in [1.54, 1.807) is 59.3 Å². The van der Waals surface area contributed by atoms with Crippen LogP contribution in [0.5, 0.6) is 0 Å². The number of rotatable bonds is 10. The van der Waals surface area contributed by atoms with Crippen LogP contribution in [0.3, 0.4) is 0 Å². The van der Waals surface area contributed by atoms with Gasteiger partial charge in [0.1, 0.15) is 21.4 Å². The lowest BCUT2D eigenvalue weighted by atomic mass is 9.82. The molecule has 0 atom stereocenters. The summed E-state index contributed by atoms with van der Waals surface area (Å²) in [6.45, 7) is 0. The molecule has 0 aliphatic carbocycles. The van der Waals surface area contributed by atoms with Gasteiger partial charge in [-0.2, -0.15) is 45.3 Å². The number of carbonyl (C=O) groups excluding carboxylic acids is 2. The molecule has 0 aliphatic heterocycles. The summed E-state index contributed by atoms with van der Waals surface area (Å²) in [5.74, 6) is -2.42. The summed E-state index contributed by atoms with van der Waals surface area (Å²) >= 11 is 5.60. The van der Waals surface area contributed by atoms with Crippen LogP contribution in [0.25, 0.3) is 44.2 Å². The number of alkyl halides is 6. The van der Waals surface area contributed by atoms with Crippen LogP contribution < -0.4 is 16.1 Å². The number of thiazole rings is 2. The van der Waals surface area contributed by atoms with Crippen LogP contribution in [0, 0.1) is 11.9 Å². The molecular weight excluding hydrogens is 1120 g/mol. The molecular formula is C46H28BBrF8N14O4S2. The predicted molar refractivity (Wildman–Crippen MR) is 264 cm³/mol. The lowest BCUT2D eigenvalue weighted by molar-refractivity contribution is -0.143. The molecule has 384 valence electrons. The minimum atomic E-state index is -4.69. The molecule has 30 heteroatoms. The highest BCUT2D eigenvalue weighted by Crippen LogP contribution is 2.36. The highest BCUT2D eigenvalue weighted by molar-refractivity contribution is 9.10. The SMILES string of the molecule is O=C(Nc1ccc(-n2nc(-c3nccs3)cc2C(F)(F)F)nn1)c1cccc(-c2ccc(F)nc2)c1.O=C(Nc1ccc(-n2nc(-c3nccs3)cc2C(F)(F)F)nn1)c1cccc(Br)c1.OB(O)c1ccc(F)nc1. The first kappa shape index (κ1) is 53.7. The van der Waals surface area contributed by atoms with Crippen molar-refractivity contribution >= 4 is 74.6 Å². The number of carbonyl (C=O) groups is 2. The summed E-state index contributed by atoms with van der Waals surface area (Å²) in [7, 11) is -1.58. The van der Waals surface area contributed by atoms with Gasteiger partial charge < -0.3 is 20.7 Å². The molecule has 0 unspecified atom stereocenters. The molecule has 0 saturated heterocycles. The zero-order valence-electron chi connectivity index (χ0n) is 37.7. The molecule has 0 bridgehead atoms. The van der Waals surface area contributed by atoms with Gasteiger partial charge in [0.15, 0.2) is 34.7 Å². The third-order valence-electron chi connectivity index (χ3n) is 9.84. The summed E-state index contributed by atoms with van der Waals surface area (Å²) in [4.78, 5) is 39.8. The van der Waals surface area contributed by atoms with Gasteiger partial charge in [0, 0.05) is 62.2 Å². The Balaban J connectivity index is 0.000000172. The molecule has 0 radical (unpaired) electrons. The molecule has 0 aliphatic rings. The molecule has 4 N–H and O–H groups in total. The van der Waals surface area contributed by atoms with Crippen LogP contribution >= 0.6 is 38.6 Å². The van der Waals surface area contributed by atoms with Crippen LogP contribution in [0.4, 0.5) is 46.8 Å². The number of aromatic nitrogens is 12. The third kappa shape index (κ3) is 13.6. The van der Waals surface area contributed by atoms with E-state index in [4.69, 9.17) is 10.0 Å². The quantitative estimate of drug-likeness (QED) is 0.0568. The van der Waals surface area contributed by atoms with E-state index in [9.17, 15) is 44.7 Å². The van der Waals surface area contributed by atoms with Crippen molar-refractivity contribution in [2.45, 2.75) is 12.4 Å². The Morgan fingerprint density at radius 3 is 1.47 bits per heavy atom. The maximum atomic E-state index is 13.6. The van der Waals surface area contributed by atoms with E-state index in [0.29, 0.717) is 36.1 Å². The summed E-state index contributed by atoms with van der Waals surface area (Å²) in [6, 6.07) is 25.3. The van der Waals surface area contributed by atoms with Crippen LogP contribution in [0.1, 0.15) is 32.1 Å². The van der Waals surface area contributed by atoms with Crippen molar-refractivity contribution in [3.05, 3.63) is 184 Å². The zero-order chi connectivity index (χ0) is 54.1. The van der Waals surface area contributed by atoms with Crippen molar-refractivity contribution in [3.8, 4) is 44.2 Å². The number of hydrogen-bond acceptors (Lipinski definition) is 16. The minimum absolute atomic E-state index is 0.0264. The number of halogens is 9. The zero-order valence-corrected chi connectivity index (χ0v) is 40.9. The number of benzene rings is 2. The first-order valence-electron chi connectivity index (χ1n) is 21.2. The van der Waals surface area contributed by atoms with Crippen LogP contribution in [0.15, 0.2) is 149 Å². The third-order valence-corrected chi connectivity index (χ3v) is 11.9. The molecule has 10 rings (SSSR count). The van der Waals surface area contributed by atoms with Gasteiger partial charge >= 0.3 is 19.5 Å². The fraction of sp³-hybridized carbons (Fsp3) is 0.0435. The predicted octanol–water partition coefficient (Wildman–Crippen LogP) is 8.98. The maximum Gasteiger partial charge on any atom is 0.490 e. The smallest absolute Gasteiger partial charge is 0.423 e. The second-order valence-electron chi connectivity index (χ2n) is 15.0. The number of anilines is 2. The fourth-order valence-corrected chi connectivity index (χ4v) is 7.95. The first-order valence-corrected chi connectivity index (χ1v) is 23.7. The molecule has 2 aromatic carbocycles. The maximum absolute atomic E-state index is 13.6. The molecule has 0 spiro atoms. The Bertz CT molecular complexity index is 3580. The molecule has 8 aromatic heterocycles. The Labute approximate surface area is 438 Å². The second kappa shape index (κ2) is 23.3. The van der Waals surface area contributed by atoms with E-state index < -0.39 is 54.6 Å². The van der Waals surface area contributed by atoms with Crippen molar-refractivity contribution in [2.75, 3.05) is 10.6 Å². The fourth-order valence-electron chi connectivity index (χ4n) is 6.37. The summed E-state index contributed by atoms with van der Waals surface area (Å²) < 4.78 is 108. The average Bonchev–Trinajstić information content (AvgIpc) is 4.27. The molecule has 8 heterocycles. The van der Waals surface area contributed by atoms with E-state index in [2.05, 4.69) is 77.1 Å². The van der Waals surface area contributed by atoms with E-state index in [1.807, 2.05) is 0 Å². The van der Waals surface area contributed by atoms with Crippen molar-refractivity contribution in [1.29, 1.82) is 0 Å². The van der Waals surface area contributed by atoms with E-state index in [1.165, 1.54) is 72.4 Å². The molecule has 0 fully saturated rings. The first-order chi connectivity index (χ1) is 36.3. The Morgan fingerprint density at radius 2 is 1.07 bits per heavy atom. The van der Waals surface area contributed by atoms with Crippen LogP contribution in [-0.4, -0.2) is 88.9 Å². The molecule has 76 heavy (non-hydrogen) atoms. The van der Waals surface area contributed by atoms with Gasteiger partial charge in [-0.3, -0.25) is 9.59 Å². The monoisotopic (exact) mass is 1150 g/mol. The lowest BCUT2D eigenvalue weighted by Gasteiger charge is -2.10. The number of amides is 2. The van der Waals surface area contributed by atoms with Crippen molar-refractivity contribution in [1.82, 2.24) is 59.9 Å². The van der Waals surface area contributed by atoms with Gasteiger partial charge in [-0.25, -0.2) is 29.3 Å². The number of nitrogens with one attached hydrogen (secondary N) is 2. The highest BCUT2D eigenvalue weighted by Gasteiger charge is 2.38. The topological polar surface area (TPSA) is 237 Å². The Hall–Kier alpha value is -8.58. The van der Waals surface area contributed by atoms with Crippen molar-refractivity contribution in [2.24, 2.45) is 0 Å². The number of hydrogen-bond donors (Lipinski definition) is 4.